The van der Waals surface area contributed by atoms with Crippen LogP contribution in [0.3, 0.4) is 0 Å². The summed E-state index contributed by atoms with van der Waals surface area (Å²) >= 11 is 0. The number of amides is 1. The third-order valence-electron chi connectivity index (χ3n) is 6.06. The number of carbonyl (C=O) groups excluding carboxylic acids is 1. The standard InChI is InChI=1S/C24H34N6O2/c1-3-12-25-23-19(24(31)27-30-13-6-7-14-30)10-11-22(26-23)29-17-15-28(16-18-29)20-8-4-5-9-21(20)32-2/h4-5,8-11H,3,6-7,12-18H2,1-2H3,(H,25,26)(H,27,31). The van der Waals surface area contributed by atoms with Gasteiger partial charge in [0.1, 0.15) is 17.4 Å². The highest BCUT2D eigenvalue weighted by atomic mass is 16.5. The lowest BCUT2D eigenvalue weighted by Crippen LogP contribution is -2.47. The summed E-state index contributed by atoms with van der Waals surface area (Å²) in [5.41, 5.74) is 4.75. The van der Waals surface area contributed by atoms with Crippen LogP contribution in [-0.4, -0.2) is 68.8 Å². The number of piperazine rings is 1. The van der Waals surface area contributed by atoms with E-state index in [1.165, 1.54) is 0 Å². The van der Waals surface area contributed by atoms with E-state index >= 15 is 0 Å². The van der Waals surface area contributed by atoms with Crippen molar-refractivity contribution in [3.63, 3.8) is 0 Å². The maximum atomic E-state index is 12.9. The third kappa shape index (κ3) is 5.07. The van der Waals surface area contributed by atoms with Crippen LogP contribution in [-0.2, 0) is 0 Å². The number of hydrazine groups is 1. The number of aromatic nitrogens is 1. The van der Waals surface area contributed by atoms with Gasteiger partial charge in [-0.05, 0) is 43.5 Å². The molecule has 4 rings (SSSR count). The second-order valence-electron chi connectivity index (χ2n) is 8.27. The molecule has 0 atom stereocenters. The molecule has 8 nitrogen and oxygen atoms in total. The molecular formula is C24H34N6O2. The van der Waals surface area contributed by atoms with Gasteiger partial charge < -0.3 is 19.9 Å². The number of para-hydroxylation sites is 2. The highest BCUT2D eigenvalue weighted by molar-refractivity contribution is 5.98. The lowest BCUT2D eigenvalue weighted by atomic mass is 10.2. The lowest BCUT2D eigenvalue weighted by Gasteiger charge is -2.37. The van der Waals surface area contributed by atoms with Crippen LogP contribution in [0.25, 0.3) is 0 Å². The zero-order valence-electron chi connectivity index (χ0n) is 19.1. The van der Waals surface area contributed by atoms with Gasteiger partial charge in [0.2, 0.25) is 0 Å². The van der Waals surface area contributed by atoms with Gasteiger partial charge in [-0.3, -0.25) is 10.2 Å². The highest BCUT2D eigenvalue weighted by Gasteiger charge is 2.23. The van der Waals surface area contributed by atoms with Gasteiger partial charge in [0, 0.05) is 45.8 Å². The molecule has 0 saturated carbocycles. The molecule has 1 aromatic heterocycles. The van der Waals surface area contributed by atoms with E-state index in [0.29, 0.717) is 11.4 Å². The SMILES string of the molecule is CCCNc1nc(N2CCN(c3ccccc3OC)CC2)ccc1C(=O)NN1CCCC1. The van der Waals surface area contributed by atoms with Crippen LogP contribution in [0.15, 0.2) is 36.4 Å². The Balaban J connectivity index is 1.46. The number of pyridine rings is 1. The van der Waals surface area contributed by atoms with Crippen molar-refractivity contribution in [3.05, 3.63) is 42.0 Å². The molecule has 2 saturated heterocycles. The van der Waals surface area contributed by atoms with Crippen LogP contribution in [0.5, 0.6) is 5.75 Å². The molecule has 1 amide bonds. The van der Waals surface area contributed by atoms with Crippen LogP contribution in [0.2, 0.25) is 0 Å². The smallest absolute Gasteiger partial charge is 0.269 e. The summed E-state index contributed by atoms with van der Waals surface area (Å²) in [5, 5.41) is 5.35. The fraction of sp³-hybridized carbons (Fsp3) is 0.500. The zero-order chi connectivity index (χ0) is 22.3. The normalized spacial score (nSPS) is 16.8. The molecule has 32 heavy (non-hydrogen) atoms. The lowest BCUT2D eigenvalue weighted by molar-refractivity contribution is 0.0826. The molecule has 8 heteroatoms. The van der Waals surface area contributed by atoms with Crippen LogP contribution < -0.4 is 25.3 Å². The molecule has 0 unspecified atom stereocenters. The van der Waals surface area contributed by atoms with Crippen molar-refractivity contribution in [2.45, 2.75) is 26.2 Å². The third-order valence-corrected chi connectivity index (χ3v) is 6.06. The van der Waals surface area contributed by atoms with Crippen molar-refractivity contribution in [1.82, 2.24) is 15.4 Å². The van der Waals surface area contributed by atoms with Gasteiger partial charge in [-0.25, -0.2) is 9.99 Å². The number of nitrogens with one attached hydrogen (secondary N) is 2. The van der Waals surface area contributed by atoms with Crippen molar-refractivity contribution in [2.24, 2.45) is 0 Å². The number of benzene rings is 1. The number of methoxy groups -OCH3 is 1. The van der Waals surface area contributed by atoms with E-state index in [2.05, 4.69) is 33.5 Å². The molecule has 2 N–H and O–H groups in total. The first kappa shape index (κ1) is 22.2. The molecule has 3 heterocycles. The van der Waals surface area contributed by atoms with Crippen molar-refractivity contribution in [2.75, 3.05) is 68.0 Å². The predicted octanol–water partition coefficient (Wildman–Crippen LogP) is 2.98. The number of carbonyl (C=O) groups is 1. The first-order chi connectivity index (χ1) is 15.7. The van der Waals surface area contributed by atoms with Crippen molar-refractivity contribution >= 4 is 23.2 Å². The van der Waals surface area contributed by atoms with Gasteiger partial charge in [0.25, 0.3) is 5.91 Å². The average Bonchev–Trinajstić information content (AvgIpc) is 3.35. The summed E-state index contributed by atoms with van der Waals surface area (Å²) in [4.78, 5) is 22.4. The molecule has 172 valence electrons. The van der Waals surface area contributed by atoms with Crippen molar-refractivity contribution in [3.8, 4) is 5.75 Å². The number of ether oxygens (including phenoxy) is 1. The van der Waals surface area contributed by atoms with E-state index in [9.17, 15) is 4.79 Å². The van der Waals surface area contributed by atoms with E-state index in [4.69, 9.17) is 9.72 Å². The number of anilines is 3. The Bertz CT molecular complexity index is 907. The fourth-order valence-electron chi connectivity index (χ4n) is 4.29. The number of nitrogens with zero attached hydrogens (tertiary/aromatic N) is 4. The Morgan fingerprint density at radius 3 is 2.44 bits per heavy atom. The van der Waals surface area contributed by atoms with Gasteiger partial charge in [-0.2, -0.15) is 0 Å². The highest BCUT2D eigenvalue weighted by Crippen LogP contribution is 2.29. The minimum atomic E-state index is -0.0921. The molecule has 1 aromatic carbocycles. The second kappa shape index (κ2) is 10.5. The van der Waals surface area contributed by atoms with Crippen molar-refractivity contribution < 1.29 is 9.53 Å². The Labute approximate surface area is 190 Å². The summed E-state index contributed by atoms with van der Waals surface area (Å²) in [7, 11) is 1.71. The Kier molecular flexibility index (Phi) is 7.32. The summed E-state index contributed by atoms with van der Waals surface area (Å²) in [6.07, 6.45) is 3.22. The van der Waals surface area contributed by atoms with Crippen LogP contribution in [0, 0.1) is 0 Å². The summed E-state index contributed by atoms with van der Waals surface area (Å²) in [6, 6.07) is 12.0. The van der Waals surface area contributed by atoms with E-state index in [0.717, 1.165) is 82.3 Å². The maximum absolute atomic E-state index is 12.9. The first-order valence-electron chi connectivity index (χ1n) is 11.6. The van der Waals surface area contributed by atoms with Gasteiger partial charge in [-0.15, -0.1) is 0 Å². The number of rotatable bonds is 8. The Hall–Kier alpha value is -3.00. The molecule has 0 radical (unpaired) electrons. The van der Waals surface area contributed by atoms with Gasteiger partial charge in [-0.1, -0.05) is 19.1 Å². The van der Waals surface area contributed by atoms with E-state index in [-0.39, 0.29) is 5.91 Å². The molecule has 0 aliphatic carbocycles. The first-order valence-corrected chi connectivity index (χ1v) is 11.6. The van der Waals surface area contributed by atoms with E-state index < -0.39 is 0 Å². The molecular weight excluding hydrogens is 404 g/mol. The van der Waals surface area contributed by atoms with Crippen LogP contribution in [0.4, 0.5) is 17.3 Å². The fourth-order valence-corrected chi connectivity index (χ4v) is 4.29. The monoisotopic (exact) mass is 438 g/mol. The maximum Gasteiger partial charge on any atom is 0.269 e. The summed E-state index contributed by atoms with van der Waals surface area (Å²) in [6.45, 7) is 8.19. The second-order valence-corrected chi connectivity index (χ2v) is 8.27. The van der Waals surface area contributed by atoms with Gasteiger partial charge in [0.15, 0.2) is 0 Å². The Morgan fingerprint density at radius 2 is 1.72 bits per heavy atom. The quantitative estimate of drug-likeness (QED) is 0.656. The topological polar surface area (TPSA) is 73.0 Å². The van der Waals surface area contributed by atoms with Crippen molar-refractivity contribution in [1.29, 1.82) is 0 Å². The van der Waals surface area contributed by atoms with Gasteiger partial charge in [0.05, 0.1) is 18.4 Å². The summed E-state index contributed by atoms with van der Waals surface area (Å²) < 4.78 is 5.53. The number of hydrogen-bond donors (Lipinski definition) is 2. The van der Waals surface area contributed by atoms with E-state index in [1.807, 2.05) is 35.3 Å². The molecule has 2 aromatic rings. The Morgan fingerprint density at radius 1 is 1.00 bits per heavy atom. The van der Waals surface area contributed by atoms with Crippen LogP contribution in [0.1, 0.15) is 36.5 Å². The molecule has 0 spiro atoms. The minimum absolute atomic E-state index is 0.0921. The minimum Gasteiger partial charge on any atom is -0.495 e. The van der Waals surface area contributed by atoms with Crippen LogP contribution >= 0.6 is 0 Å². The summed E-state index contributed by atoms with van der Waals surface area (Å²) in [5.74, 6) is 2.37. The molecule has 2 aliphatic rings. The molecule has 0 bridgehead atoms. The number of hydrogen-bond acceptors (Lipinski definition) is 7. The molecule has 2 aliphatic heterocycles. The predicted molar refractivity (Wildman–Crippen MR) is 129 cm³/mol. The zero-order valence-corrected chi connectivity index (χ0v) is 19.1. The molecule has 2 fully saturated rings. The van der Waals surface area contributed by atoms with Gasteiger partial charge >= 0.3 is 0 Å². The van der Waals surface area contributed by atoms with E-state index in [1.54, 1.807) is 7.11 Å². The average molecular weight is 439 g/mol. The largest absolute Gasteiger partial charge is 0.495 e.